The van der Waals surface area contributed by atoms with E-state index in [2.05, 4.69) is 32.1 Å². The Morgan fingerprint density at radius 3 is 2.64 bits per heavy atom. The van der Waals surface area contributed by atoms with Crippen LogP contribution in [-0.2, 0) is 9.53 Å². The van der Waals surface area contributed by atoms with Gasteiger partial charge in [0, 0.05) is 11.8 Å². The predicted molar refractivity (Wildman–Crippen MR) is 95.7 cm³/mol. The summed E-state index contributed by atoms with van der Waals surface area (Å²) >= 11 is 0. The van der Waals surface area contributed by atoms with E-state index in [4.69, 9.17) is 4.74 Å². The van der Waals surface area contributed by atoms with Crippen LogP contribution in [0.25, 0.3) is 0 Å². The van der Waals surface area contributed by atoms with Gasteiger partial charge in [-0.05, 0) is 73.7 Å². The fourth-order valence-corrected chi connectivity index (χ4v) is 7.44. The first kappa shape index (κ1) is 16.1. The molecule has 5 aliphatic rings. The second-order valence-electron chi connectivity index (χ2n) is 9.76. The molecule has 1 aliphatic heterocycles. The van der Waals surface area contributed by atoms with Crippen LogP contribution < -0.4 is 0 Å². The topological polar surface area (TPSA) is 46.5 Å². The van der Waals surface area contributed by atoms with Gasteiger partial charge in [0.15, 0.2) is 0 Å². The van der Waals surface area contributed by atoms with Crippen molar-refractivity contribution in [3.05, 3.63) is 23.8 Å². The van der Waals surface area contributed by atoms with Gasteiger partial charge < -0.3 is 9.84 Å². The van der Waals surface area contributed by atoms with Crippen LogP contribution in [0.2, 0.25) is 0 Å². The molecule has 0 aromatic carbocycles. The zero-order valence-electron chi connectivity index (χ0n) is 15.5. The zero-order valence-corrected chi connectivity index (χ0v) is 15.5. The van der Waals surface area contributed by atoms with E-state index >= 15 is 0 Å². The van der Waals surface area contributed by atoms with Crippen molar-refractivity contribution in [1.82, 2.24) is 0 Å². The highest BCUT2D eigenvalue weighted by molar-refractivity contribution is 5.72. The predicted octanol–water partition coefficient (Wildman–Crippen LogP) is 4.16. The molecule has 3 heteroatoms. The minimum atomic E-state index is -0.272. The van der Waals surface area contributed by atoms with Crippen molar-refractivity contribution < 1.29 is 14.6 Å². The molecule has 4 aliphatic carbocycles. The highest BCUT2D eigenvalue weighted by Gasteiger charge is 2.66. The number of esters is 1. The van der Waals surface area contributed by atoms with Gasteiger partial charge in [-0.1, -0.05) is 32.1 Å². The number of fused-ring (bicyclic) bond motifs is 6. The Hall–Kier alpha value is -1.09. The SMILES string of the molecule is C[C@]12CC[C@@H](O)C=C1C=C[C@H]1[C@H]2CC[C@]2(C)[C@@H]1CC[C@@]21CCC(=O)O1. The summed E-state index contributed by atoms with van der Waals surface area (Å²) in [5, 5.41) is 10.1. The molecule has 0 bridgehead atoms. The van der Waals surface area contributed by atoms with Crippen LogP contribution in [0.1, 0.15) is 65.2 Å². The standard InChI is InChI=1S/C22H30O3/c1-20-9-5-15(23)13-14(20)3-4-16-17(20)6-10-21(2)18(16)7-11-22(21)12-8-19(24)25-22/h3-4,13,15-18,23H,5-12H2,1-2H3/t15-,16+,17-,18-,20+,21-,22-/m1/s1. The average Bonchev–Trinajstić information content (AvgIpc) is 3.10. The summed E-state index contributed by atoms with van der Waals surface area (Å²) in [6, 6.07) is 0. The van der Waals surface area contributed by atoms with E-state index in [0.29, 0.717) is 24.2 Å². The molecule has 5 rings (SSSR count). The van der Waals surface area contributed by atoms with E-state index in [1.54, 1.807) is 0 Å². The Bertz CT molecular complexity index is 679. The molecule has 1 spiro atoms. The van der Waals surface area contributed by atoms with Crippen molar-refractivity contribution in [1.29, 1.82) is 0 Å². The summed E-state index contributed by atoms with van der Waals surface area (Å²) in [7, 11) is 0. The van der Waals surface area contributed by atoms with Crippen LogP contribution in [0.4, 0.5) is 0 Å². The molecule has 0 aromatic rings. The van der Waals surface area contributed by atoms with Gasteiger partial charge in [0.1, 0.15) is 5.60 Å². The fraction of sp³-hybridized carbons (Fsp3) is 0.773. The number of carbonyl (C=O) groups is 1. The second kappa shape index (κ2) is 5.00. The maximum atomic E-state index is 11.9. The summed E-state index contributed by atoms with van der Waals surface area (Å²) in [6.07, 6.45) is 14.7. The monoisotopic (exact) mass is 342 g/mol. The number of allylic oxidation sites excluding steroid dienone is 3. The number of hydrogen-bond donors (Lipinski definition) is 1. The third-order valence-corrected chi connectivity index (χ3v) is 8.97. The summed E-state index contributed by atoms with van der Waals surface area (Å²) in [6.45, 7) is 4.83. The van der Waals surface area contributed by atoms with Crippen LogP contribution >= 0.6 is 0 Å². The summed E-state index contributed by atoms with van der Waals surface area (Å²) in [5.74, 6) is 1.90. The minimum absolute atomic E-state index is 0.0154. The van der Waals surface area contributed by atoms with E-state index in [0.717, 1.165) is 25.7 Å². The molecule has 25 heavy (non-hydrogen) atoms. The van der Waals surface area contributed by atoms with Gasteiger partial charge in [0.05, 0.1) is 6.10 Å². The molecule has 3 nitrogen and oxygen atoms in total. The van der Waals surface area contributed by atoms with Crippen molar-refractivity contribution in [2.24, 2.45) is 28.6 Å². The maximum absolute atomic E-state index is 11.9. The Labute approximate surface area is 150 Å². The summed E-state index contributed by atoms with van der Waals surface area (Å²) in [5.41, 5.74) is 1.52. The van der Waals surface area contributed by atoms with Gasteiger partial charge in [0.2, 0.25) is 0 Å². The van der Waals surface area contributed by atoms with Gasteiger partial charge in [-0.15, -0.1) is 0 Å². The lowest BCUT2D eigenvalue weighted by molar-refractivity contribution is -0.165. The Kier molecular flexibility index (Phi) is 3.22. The molecule has 1 heterocycles. The molecule has 136 valence electrons. The molecular weight excluding hydrogens is 312 g/mol. The number of aliphatic hydroxyl groups is 1. The molecule has 1 N–H and O–H groups in total. The number of hydrogen-bond acceptors (Lipinski definition) is 3. The lowest BCUT2D eigenvalue weighted by Gasteiger charge is -2.57. The Balaban J connectivity index is 1.52. The Morgan fingerprint density at radius 1 is 1.08 bits per heavy atom. The van der Waals surface area contributed by atoms with Crippen LogP contribution in [0, 0.1) is 28.6 Å². The summed E-state index contributed by atoms with van der Waals surface area (Å²) in [4.78, 5) is 11.9. The molecule has 3 fully saturated rings. The molecule has 1 saturated heterocycles. The summed E-state index contributed by atoms with van der Waals surface area (Å²) < 4.78 is 6.00. The van der Waals surface area contributed by atoms with Crippen molar-refractivity contribution in [2.75, 3.05) is 0 Å². The molecule has 2 saturated carbocycles. The molecule has 7 atom stereocenters. The molecule has 0 unspecified atom stereocenters. The van der Waals surface area contributed by atoms with Gasteiger partial charge in [-0.3, -0.25) is 4.79 Å². The second-order valence-corrected chi connectivity index (χ2v) is 9.76. The zero-order chi connectivity index (χ0) is 17.4. The lowest BCUT2D eigenvalue weighted by atomic mass is 9.48. The number of ether oxygens (including phenoxy) is 1. The normalized spacial score (nSPS) is 53.9. The molecule has 0 aromatic heterocycles. The quantitative estimate of drug-likeness (QED) is 0.672. The number of rotatable bonds is 0. The van der Waals surface area contributed by atoms with E-state index in [-0.39, 0.29) is 28.5 Å². The first-order valence-electron chi connectivity index (χ1n) is 10.2. The van der Waals surface area contributed by atoms with Crippen molar-refractivity contribution >= 4 is 5.97 Å². The van der Waals surface area contributed by atoms with E-state index in [1.807, 2.05) is 0 Å². The fourth-order valence-electron chi connectivity index (χ4n) is 7.44. The number of carbonyl (C=O) groups excluding carboxylic acids is 1. The van der Waals surface area contributed by atoms with E-state index in [1.165, 1.54) is 24.8 Å². The lowest BCUT2D eigenvalue weighted by Crippen LogP contribution is -2.53. The van der Waals surface area contributed by atoms with E-state index in [9.17, 15) is 9.90 Å². The average molecular weight is 342 g/mol. The Morgan fingerprint density at radius 2 is 1.88 bits per heavy atom. The highest BCUT2D eigenvalue weighted by Crippen LogP contribution is 2.68. The number of aliphatic hydroxyl groups excluding tert-OH is 1. The van der Waals surface area contributed by atoms with Gasteiger partial charge in [0.25, 0.3) is 0 Å². The molecule has 0 amide bonds. The van der Waals surface area contributed by atoms with Crippen LogP contribution in [0.5, 0.6) is 0 Å². The van der Waals surface area contributed by atoms with Crippen molar-refractivity contribution in [3.63, 3.8) is 0 Å². The first-order valence-corrected chi connectivity index (χ1v) is 10.2. The molecular formula is C22H30O3. The third kappa shape index (κ3) is 1.94. The van der Waals surface area contributed by atoms with Gasteiger partial charge in [-0.25, -0.2) is 0 Å². The highest BCUT2D eigenvalue weighted by atomic mass is 16.6. The first-order chi connectivity index (χ1) is 11.9. The van der Waals surface area contributed by atoms with Crippen LogP contribution in [0.15, 0.2) is 23.8 Å². The largest absolute Gasteiger partial charge is 0.458 e. The third-order valence-electron chi connectivity index (χ3n) is 8.97. The van der Waals surface area contributed by atoms with Gasteiger partial charge >= 0.3 is 5.97 Å². The maximum Gasteiger partial charge on any atom is 0.306 e. The van der Waals surface area contributed by atoms with Crippen LogP contribution in [-0.4, -0.2) is 22.8 Å². The van der Waals surface area contributed by atoms with E-state index < -0.39 is 0 Å². The van der Waals surface area contributed by atoms with Crippen LogP contribution in [0.3, 0.4) is 0 Å². The minimum Gasteiger partial charge on any atom is -0.458 e. The van der Waals surface area contributed by atoms with Crippen molar-refractivity contribution in [3.8, 4) is 0 Å². The molecule has 0 radical (unpaired) electrons. The van der Waals surface area contributed by atoms with Gasteiger partial charge in [-0.2, -0.15) is 0 Å². The smallest absolute Gasteiger partial charge is 0.306 e. The van der Waals surface area contributed by atoms with Crippen molar-refractivity contribution in [2.45, 2.75) is 76.9 Å².